The van der Waals surface area contributed by atoms with Crippen LogP contribution in [0.3, 0.4) is 0 Å². The van der Waals surface area contributed by atoms with Crippen molar-refractivity contribution < 1.29 is 0 Å². The van der Waals surface area contributed by atoms with E-state index in [4.69, 9.17) is 6.42 Å². The van der Waals surface area contributed by atoms with Gasteiger partial charge in [0.05, 0.1) is 11.2 Å². The smallest absolute Gasteiger partial charge is 0.0798 e. The van der Waals surface area contributed by atoms with Crippen molar-refractivity contribution in [2.45, 2.75) is 19.9 Å². The van der Waals surface area contributed by atoms with Gasteiger partial charge in [-0.15, -0.1) is 23.7 Å². The fourth-order valence-electron chi connectivity index (χ4n) is 1.06. The first kappa shape index (κ1) is 10.2. The summed E-state index contributed by atoms with van der Waals surface area (Å²) in [5, 5.41) is 0. The maximum atomic E-state index is 5.19. The number of hydrogen-bond donors (Lipinski definition) is 0. The van der Waals surface area contributed by atoms with Crippen molar-refractivity contribution in [3.63, 3.8) is 0 Å². The molecule has 70 valence electrons. The van der Waals surface area contributed by atoms with Crippen LogP contribution in [-0.2, 0) is 6.54 Å². The molecule has 0 N–H and O–H groups in total. The number of nitrogens with zero attached hydrogens (tertiary/aromatic N) is 2. The van der Waals surface area contributed by atoms with Gasteiger partial charge in [0, 0.05) is 24.4 Å². The van der Waals surface area contributed by atoms with Gasteiger partial charge in [0.2, 0.25) is 0 Å². The van der Waals surface area contributed by atoms with Crippen LogP contribution < -0.4 is 0 Å². The Morgan fingerprint density at radius 1 is 1.69 bits per heavy atom. The van der Waals surface area contributed by atoms with Crippen LogP contribution in [0.5, 0.6) is 0 Å². The van der Waals surface area contributed by atoms with Gasteiger partial charge < -0.3 is 4.90 Å². The fraction of sp³-hybridized carbons (Fsp3) is 0.500. The Hall–Kier alpha value is -0.850. The molecule has 2 nitrogen and oxygen atoms in total. The molecular formula is C10H14N2S. The summed E-state index contributed by atoms with van der Waals surface area (Å²) in [6.07, 6.45) is 6.01. The van der Waals surface area contributed by atoms with Gasteiger partial charge in [-0.25, -0.2) is 4.98 Å². The number of rotatable bonds is 4. The molecule has 0 unspecified atom stereocenters. The Morgan fingerprint density at radius 2 is 2.46 bits per heavy atom. The lowest BCUT2D eigenvalue weighted by molar-refractivity contribution is 0.337. The van der Waals surface area contributed by atoms with Crippen LogP contribution in [0.4, 0.5) is 0 Å². The second-order valence-corrected chi connectivity index (χ2v) is 3.99. The molecule has 13 heavy (non-hydrogen) atoms. The van der Waals surface area contributed by atoms with Gasteiger partial charge >= 0.3 is 0 Å². The highest BCUT2D eigenvalue weighted by atomic mass is 32.1. The minimum absolute atomic E-state index is 0.814. The topological polar surface area (TPSA) is 16.1 Å². The largest absolute Gasteiger partial charge is 0.300 e. The van der Waals surface area contributed by atoms with Gasteiger partial charge in [-0.1, -0.05) is 0 Å². The first-order chi connectivity index (χ1) is 6.24. The Kier molecular flexibility index (Phi) is 3.94. The molecule has 0 aliphatic carbocycles. The standard InChI is InChI=1S/C10H14N2S/c1-4-5-6-12(3)7-10-9(2)11-8-13-10/h1,8H,5-7H2,2-3H3. The fourth-order valence-corrected chi connectivity index (χ4v) is 1.91. The molecule has 0 amide bonds. The summed E-state index contributed by atoms with van der Waals surface area (Å²) in [6.45, 7) is 3.95. The van der Waals surface area contributed by atoms with Gasteiger partial charge in [0.15, 0.2) is 0 Å². The van der Waals surface area contributed by atoms with Crippen LogP contribution in [0, 0.1) is 19.3 Å². The molecular weight excluding hydrogens is 180 g/mol. The zero-order chi connectivity index (χ0) is 9.68. The molecule has 0 spiro atoms. The molecule has 0 aromatic carbocycles. The monoisotopic (exact) mass is 194 g/mol. The summed E-state index contributed by atoms with van der Waals surface area (Å²) in [4.78, 5) is 7.76. The van der Waals surface area contributed by atoms with Gasteiger partial charge in [0.1, 0.15) is 0 Å². The van der Waals surface area contributed by atoms with E-state index in [0.29, 0.717) is 0 Å². The number of hydrogen-bond acceptors (Lipinski definition) is 3. The van der Waals surface area contributed by atoms with Crippen LogP contribution in [-0.4, -0.2) is 23.5 Å². The highest BCUT2D eigenvalue weighted by Crippen LogP contribution is 2.13. The number of aryl methyl sites for hydroxylation is 1. The second kappa shape index (κ2) is 5.00. The average Bonchev–Trinajstić information content (AvgIpc) is 2.48. The highest BCUT2D eigenvalue weighted by Gasteiger charge is 2.04. The van der Waals surface area contributed by atoms with Crippen LogP contribution in [0.25, 0.3) is 0 Å². The van der Waals surface area contributed by atoms with Gasteiger partial charge in [-0.3, -0.25) is 0 Å². The van der Waals surface area contributed by atoms with Crippen LogP contribution in [0.1, 0.15) is 17.0 Å². The third kappa shape index (κ3) is 3.17. The Labute approximate surface area is 83.6 Å². The minimum atomic E-state index is 0.814. The minimum Gasteiger partial charge on any atom is -0.300 e. The summed E-state index contributed by atoms with van der Waals surface area (Å²) >= 11 is 1.71. The molecule has 0 fully saturated rings. The summed E-state index contributed by atoms with van der Waals surface area (Å²) in [7, 11) is 2.08. The molecule has 0 bridgehead atoms. The molecule has 3 heteroatoms. The van der Waals surface area contributed by atoms with Crippen LogP contribution in [0.2, 0.25) is 0 Å². The van der Waals surface area contributed by atoms with E-state index in [1.54, 1.807) is 11.3 Å². The second-order valence-electron chi connectivity index (χ2n) is 3.05. The van der Waals surface area contributed by atoms with E-state index in [1.807, 2.05) is 12.4 Å². The molecule has 0 aliphatic rings. The average molecular weight is 194 g/mol. The van der Waals surface area contributed by atoms with Crippen molar-refractivity contribution in [1.29, 1.82) is 0 Å². The highest BCUT2D eigenvalue weighted by molar-refractivity contribution is 7.09. The van der Waals surface area contributed by atoms with Gasteiger partial charge in [-0.05, 0) is 14.0 Å². The van der Waals surface area contributed by atoms with Gasteiger partial charge in [-0.2, -0.15) is 0 Å². The first-order valence-electron chi connectivity index (χ1n) is 4.25. The van der Waals surface area contributed by atoms with Crippen LogP contribution >= 0.6 is 11.3 Å². The maximum absolute atomic E-state index is 5.19. The SMILES string of the molecule is C#CCCN(C)Cc1scnc1C. The van der Waals surface area contributed by atoms with E-state index in [-0.39, 0.29) is 0 Å². The number of terminal acetylenes is 1. The predicted molar refractivity (Wildman–Crippen MR) is 56.6 cm³/mol. The number of thiazole rings is 1. The quantitative estimate of drug-likeness (QED) is 0.681. The summed E-state index contributed by atoms with van der Waals surface area (Å²) in [5.41, 5.74) is 3.03. The van der Waals surface area contributed by atoms with E-state index >= 15 is 0 Å². The Bertz CT molecular complexity index is 298. The Morgan fingerprint density at radius 3 is 3.00 bits per heavy atom. The molecule has 0 saturated carbocycles. The van der Waals surface area contributed by atoms with E-state index < -0.39 is 0 Å². The van der Waals surface area contributed by atoms with Crippen molar-refractivity contribution in [1.82, 2.24) is 9.88 Å². The summed E-state index contributed by atoms with van der Waals surface area (Å²) in [6, 6.07) is 0. The van der Waals surface area contributed by atoms with Crippen molar-refractivity contribution in [2.24, 2.45) is 0 Å². The number of aromatic nitrogens is 1. The first-order valence-corrected chi connectivity index (χ1v) is 5.13. The molecule has 0 radical (unpaired) electrons. The third-order valence-electron chi connectivity index (χ3n) is 1.90. The lowest BCUT2D eigenvalue weighted by atomic mass is 10.3. The normalized spacial score (nSPS) is 10.3. The summed E-state index contributed by atoms with van der Waals surface area (Å²) in [5.74, 6) is 2.64. The molecule has 1 aromatic heterocycles. The molecule has 0 saturated heterocycles. The van der Waals surface area contributed by atoms with Crippen molar-refractivity contribution >= 4 is 11.3 Å². The molecule has 0 aliphatic heterocycles. The van der Waals surface area contributed by atoms with E-state index in [2.05, 4.69) is 22.9 Å². The molecule has 1 heterocycles. The predicted octanol–water partition coefficient (Wildman–Crippen LogP) is 1.91. The van der Waals surface area contributed by atoms with Crippen molar-refractivity contribution in [3.8, 4) is 12.3 Å². The maximum Gasteiger partial charge on any atom is 0.0798 e. The lowest BCUT2D eigenvalue weighted by Gasteiger charge is -2.13. The summed E-state index contributed by atoms with van der Waals surface area (Å²) < 4.78 is 0. The van der Waals surface area contributed by atoms with E-state index in [1.165, 1.54) is 4.88 Å². The zero-order valence-electron chi connectivity index (χ0n) is 8.08. The third-order valence-corrected chi connectivity index (χ3v) is 2.82. The Balaban J connectivity index is 2.41. The lowest BCUT2D eigenvalue weighted by Crippen LogP contribution is -2.18. The molecule has 1 aromatic rings. The van der Waals surface area contributed by atoms with E-state index in [0.717, 1.165) is 25.2 Å². The van der Waals surface area contributed by atoms with E-state index in [9.17, 15) is 0 Å². The molecule has 0 atom stereocenters. The van der Waals surface area contributed by atoms with Gasteiger partial charge in [0.25, 0.3) is 0 Å². The molecule has 1 rings (SSSR count). The van der Waals surface area contributed by atoms with Crippen molar-refractivity contribution in [2.75, 3.05) is 13.6 Å². The van der Waals surface area contributed by atoms with Crippen molar-refractivity contribution in [3.05, 3.63) is 16.1 Å². The van der Waals surface area contributed by atoms with Crippen LogP contribution in [0.15, 0.2) is 5.51 Å². The zero-order valence-corrected chi connectivity index (χ0v) is 8.90.